The highest BCUT2D eigenvalue weighted by atomic mass is 19.3. The van der Waals surface area contributed by atoms with Crippen molar-refractivity contribution in [2.45, 2.75) is 44.6 Å². The van der Waals surface area contributed by atoms with Crippen LogP contribution in [0.15, 0.2) is 42.5 Å². The molecule has 2 aromatic rings. The highest BCUT2D eigenvalue weighted by molar-refractivity contribution is 5.78. The summed E-state index contributed by atoms with van der Waals surface area (Å²) in [7, 11) is 0. The Bertz CT molecular complexity index is 1020. The van der Waals surface area contributed by atoms with Gasteiger partial charge in [0.15, 0.2) is 0 Å². The van der Waals surface area contributed by atoms with Crippen molar-refractivity contribution in [3.63, 3.8) is 0 Å². The summed E-state index contributed by atoms with van der Waals surface area (Å²) in [5.74, 6) is -0.796. The number of halogens is 3. The van der Waals surface area contributed by atoms with E-state index in [0.717, 1.165) is 16.7 Å². The van der Waals surface area contributed by atoms with E-state index in [9.17, 15) is 18.0 Å². The number of benzene rings is 2. The number of terminal acetylenes is 1. The fourth-order valence-electron chi connectivity index (χ4n) is 3.87. The zero-order valence-electron chi connectivity index (χ0n) is 17.6. The van der Waals surface area contributed by atoms with Crippen LogP contribution < -0.4 is 10.1 Å². The number of alkyl halides is 3. The molecular formula is C25H25F3N2O2. The van der Waals surface area contributed by atoms with Crippen molar-refractivity contribution in [1.82, 2.24) is 10.2 Å². The summed E-state index contributed by atoms with van der Waals surface area (Å²) in [6.07, 6.45) is 3.86. The summed E-state index contributed by atoms with van der Waals surface area (Å²) in [6.45, 7) is 1.81. The lowest BCUT2D eigenvalue weighted by atomic mass is 9.97. The summed E-state index contributed by atoms with van der Waals surface area (Å²) in [5, 5.41) is 2.76. The fraction of sp³-hybridized carbons (Fsp3) is 0.400. The van der Waals surface area contributed by atoms with E-state index in [2.05, 4.69) is 11.2 Å². The van der Waals surface area contributed by atoms with Gasteiger partial charge < -0.3 is 10.1 Å². The summed E-state index contributed by atoms with van der Waals surface area (Å²) in [6, 6.07) is 13.0. The minimum absolute atomic E-state index is 0.0432. The lowest BCUT2D eigenvalue weighted by molar-refractivity contribution is -0.120. The van der Waals surface area contributed by atoms with Gasteiger partial charge >= 0.3 is 0 Å². The Hall–Kier alpha value is -2.98. The van der Waals surface area contributed by atoms with Crippen LogP contribution in [0.3, 0.4) is 0 Å². The second kappa shape index (κ2) is 9.25. The third kappa shape index (κ3) is 5.43. The molecule has 1 N–H and O–H groups in total. The fourth-order valence-corrected chi connectivity index (χ4v) is 3.87. The Kier molecular flexibility index (Phi) is 6.43. The van der Waals surface area contributed by atoms with E-state index in [0.29, 0.717) is 30.9 Å². The van der Waals surface area contributed by atoms with Gasteiger partial charge in [-0.15, -0.1) is 6.42 Å². The van der Waals surface area contributed by atoms with Gasteiger partial charge in [-0.3, -0.25) is 9.69 Å². The number of hydrogen-bond acceptors (Lipinski definition) is 3. The van der Waals surface area contributed by atoms with Gasteiger partial charge in [-0.2, -0.15) is 0 Å². The van der Waals surface area contributed by atoms with Crippen molar-refractivity contribution in [3.05, 3.63) is 64.7 Å². The minimum atomic E-state index is -2.62. The predicted molar refractivity (Wildman–Crippen MR) is 115 cm³/mol. The zero-order valence-corrected chi connectivity index (χ0v) is 17.6. The van der Waals surface area contributed by atoms with Crippen LogP contribution in [0.1, 0.15) is 41.3 Å². The van der Waals surface area contributed by atoms with E-state index in [1.54, 1.807) is 12.1 Å². The summed E-state index contributed by atoms with van der Waals surface area (Å²) < 4.78 is 46.4. The SMILES string of the molecule is C#CCC(=O)NCc1ccc(CN2Cc3ccc(OCC4CC4(F)F)cc3C(F)C2)cc1. The van der Waals surface area contributed by atoms with Gasteiger partial charge in [-0.1, -0.05) is 36.3 Å². The molecule has 168 valence electrons. The predicted octanol–water partition coefficient (Wildman–Crippen LogP) is 4.39. The normalized spacial score (nSPS) is 21.3. The van der Waals surface area contributed by atoms with Gasteiger partial charge in [0.2, 0.25) is 5.91 Å². The first-order valence-corrected chi connectivity index (χ1v) is 10.6. The molecule has 1 aliphatic carbocycles. The number of fused-ring (bicyclic) bond motifs is 1. The Morgan fingerprint density at radius 3 is 2.62 bits per heavy atom. The largest absolute Gasteiger partial charge is 0.493 e. The first-order chi connectivity index (χ1) is 15.3. The Morgan fingerprint density at radius 1 is 1.22 bits per heavy atom. The second-order valence-corrected chi connectivity index (χ2v) is 8.44. The monoisotopic (exact) mass is 442 g/mol. The maximum atomic E-state index is 14.9. The Labute approximate surface area is 185 Å². The van der Waals surface area contributed by atoms with Crippen molar-refractivity contribution in [1.29, 1.82) is 0 Å². The Morgan fingerprint density at radius 2 is 1.94 bits per heavy atom. The molecule has 2 aliphatic rings. The Balaban J connectivity index is 1.31. The quantitative estimate of drug-likeness (QED) is 0.617. The van der Waals surface area contributed by atoms with Gasteiger partial charge in [0, 0.05) is 32.6 Å². The zero-order chi connectivity index (χ0) is 22.7. The molecule has 7 heteroatoms. The second-order valence-electron chi connectivity index (χ2n) is 8.44. The highest BCUT2D eigenvalue weighted by Crippen LogP contribution is 2.48. The number of nitrogens with one attached hydrogen (secondary N) is 1. The number of carbonyl (C=O) groups is 1. The van der Waals surface area contributed by atoms with E-state index >= 15 is 0 Å². The van der Waals surface area contributed by atoms with Crippen molar-refractivity contribution in [3.8, 4) is 18.1 Å². The van der Waals surface area contributed by atoms with Crippen LogP contribution in [0.2, 0.25) is 0 Å². The maximum absolute atomic E-state index is 14.9. The molecule has 2 unspecified atom stereocenters. The van der Waals surface area contributed by atoms with Gasteiger partial charge in [-0.05, 0) is 34.4 Å². The van der Waals surface area contributed by atoms with Crippen LogP contribution in [0, 0.1) is 18.3 Å². The van der Waals surface area contributed by atoms with E-state index in [4.69, 9.17) is 11.2 Å². The number of carbonyl (C=O) groups excluding carboxylic acids is 1. The molecule has 0 spiro atoms. The van der Waals surface area contributed by atoms with Crippen molar-refractivity contribution >= 4 is 5.91 Å². The molecular weight excluding hydrogens is 417 g/mol. The lowest BCUT2D eigenvalue weighted by Crippen LogP contribution is -2.31. The van der Waals surface area contributed by atoms with Gasteiger partial charge in [0.1, 0.15) is 11.9 Å². The molecule has 1 saturated carbocycles. The molecule has 1 heterocycles. The van der Waals surface area contributed by atoms with Crippen LogP contribution in [0.25, 0.3) is 0 Å². The summed E-state index contributed by atoms with van der Waals surface area (Å²) >= 11 is 0. The van der Waals surface area contributed by atoms with Gasteiger partial charge in [0.05, 0.1) is 18.9 Å². The first kappa shape index (κ1) is 22.2. The number of nitrogens with zero attached hydrogens (tertiary/aromatic N) is 1. The van der Waals surface area contributed by atoms with Crippen LogP contribution in [0.5, 0.6) is 5.75 Å². The van der Waals surface area contributed by atoms with Crippen molar-refractivity contribution in [2.24, 2.45) is 5.92 Å². The van der Waals surface area contributed by atoms with E-state index in [1.165, 1.54) is 0 Å². The standard InChI is InChI=1S/C25H25F3N2O2/c1-2-3-24(31)29-12-17-4-6-18(7-5-17)13-30-14-19-8-9-21(10-22(19)23(26)15-30)32-16-20-11-25(20,27)28/h1,4-10,20,23H,3,11-16H2,(H,29,31). The number of amides is 1. The molecule has 2 aromatic carbocycles. The molecule has 0 saturated heterocycles. The topological polar surface area (TPSA) is 41.6 Å². The van der Waals surface area contributed by atoms with Gasteiger partial charge in [0.25, 0.3) is 5.92 Å². The van der Waals surface area contributed by atoms with Crippen molar-refractivity contribution in [2.75, 3.05) is 13.2 Å². The van der Waals surface area contributed by atoms with Crippen molar-refractivity contribution < 1.29 is 22.7 Å². The molecule has 4 nitrogen and oxygen atoms in total. The van der Waals surface area contributed by atoms with E-state index < -0.39 is 18.0 Å². The summed E-state index contributed by atoms with van der Waals surface area (Å²) in [4.78, 5) is 13.5. The average Bonchev–Trinajstić information content (AvgIpc) is 3.38. The van der Waals surface area contributed by atoms with E-state index in [-0.39, 0.29) is 31.9 Å². The molecule has 1 fully saturated rings. The molecule has 32 heavy (non-hydrogen) atoms. The molecule has 0 bridgehead atoms. The van der Waals surface area contributed by atoms with Crippen LogP contribution in [-0.2, 0) is 24.4 Å². The van der Waals surface area contributed by atoms with Crippen LogP contribution >= 0.6 is 0 Å². The third-order valence-corrected chi connectivity index (χ3v) is 5.86. The average molecular weight is 442 g/mol. The van der Waals surface area contributed by atoms with Crippen LogP contribution in [0.4, 0.5) is 13.2 Å². The smallest absolute Gasteiger partial charge is 0.255 e. The molecule has 1 amide bonds. The molecule has 0 radical (unpaired) electrons. The van der Waals surface area contributed by atoms with E-state index in [1.807, 2.05) is 35.2 Å². The number of ether oxygens (including phenoxy) is 1. The highest BCUT2D eigenvalue weighted by Gasteiger charge is 2.57. The van der Waals surface area contributed by atoms with Crippen LogP contribution in [-0.4, -0.2) is 29.9 Å². The summed E-state index contributed by atoms with van der Waals surface area (Å²) in [5.41, 5.74) is 3.45. The first-order valence-electron chi connectivity index (χ1n) is 10.6. The lowest BCUT2D eigenvalue weighted by Gasteiger charge is -2.31. The number of rotatable bonds is 8. The third-order valence-electron chi connectivity index (χ3n) is 5.86. The molecule has 1 aliphatic heterocycles. The molecule has 4 rings (SSSR count). The maximum Gasteiger partial charge on any atom is 0.255 e. The van der Waals surface area contributed by atoms with Gasteiger partial charge in [-0.25, -0.2) is 13.2 Å². The number of hydrogen-bond donors (Lipinski definition) is 1. The molecule has 0 aromatic heterocycles. The minimum Gasteiger partial charge on any atom is -0.493 e. The molecule has 2 atom stereocenters.